The number of rotatable bonds is 0. The molecule has 0 saturated carbocycles. The van der Waals surface area contributed by atoms with Gasteiger partial charge in [-0.15, -0.1) is 0 Å². The van der Waals surface area contributed by atoms with Crippen LogP contribution in [-0.4, -0.2) is 29.8 Å². The van der Waals surface area contributed by atoms with Crippen LogP contribution in [0.3, 0.4) is 0 Å². The van der Waals surface area contributed by atoms with Crippen molar-refractivity contribution in [3.05, 3.63) is 16.9 Å². The first-order chi connectivity index (χ1) is 8.37. The van der Waals surface area contributed by atoms with Crippen LogP contribution in [0.1, 0.15) is 20.8 Å². The molecule has 1 aromatic rings. The third-order valence-corrected chi connectivity index (χ3v) is 2.72. The van der Waals surface area contributed by atoms with Crippen LogP contribution in [0.15, 0.2) is 16.9 Å². The van der Waals surface area contributed by atoms with E-state index in [9.17, 15) is 4.79 Å². The second kappa shape index (κ2) is 4.76. The number of carbonyl (C=O) groups excluding carboxylic acids is 1. The Balaban J connectivity index is 2.27. The van der Waals surface area contributed by atoms with Crippen molar-refractivity contribution in [2.45, 2.75) is 26.4 Å². The molecule has 0 bridgehead atoms. The van der Waals surface area contributed by atoms with Crippen molar-refractivity contribution < 1.29 is 14.3 Å². The van der Waals surface area contributed by atoms with Crippen LogP contribution in [0.5, 0.6) is 5.75 Å². The lowest BCUT2D eigenvalue weighted by molar-refractivity contribution is 0.0567. The Hall–Kier alpha value is -1.30. The number of amides is 1. The molecule has 0 aliphatic carbocycles. The summed E-state index contributed by atoms with van der Waals surface area (Å²) in [6.07, 6.45) is 1.22. The van der Waals surface area contributed by atoms with Gasteiger partial charge < -0.3 is 9.47 Å². The number of nitrogens with zero attached hydrogens (tertiary/aromatic N) is 2. The average molecular weight is 315 g/mol. The molecule has 0 saturated heterocycles. The van der Waals surface area contributed by atoms with Crippen LogP contribution in [0.2, 0.25) is 0 Å². The highest BCUT2D eigenvalue weighted by Gasteiger charge is 2.28. The number of hydrogen-bond donors (Lipinski definition) is 0. The standard InChI is InChI=1S/C12H15BrN2O3/c1-12(2,3)18-11(16)15-4-5-17-9-7-14-10(13)6-8(9)15/h6-7H,4-5H2,1-3H3. The molecule has 0 N–H and O–H groups in total. The fourth-order valence-corrected chi connectivity index (χ4v) is 1.92. The number of anilines is 1. The molecule has 6 heteroatoms. The van der Waals surface area contributed by atoms with Gasteiger partial charge in [0, 0.05) is 0 Å². The third-order valence-electron chi connectivity index (χ3n) is 2.29. The van der Waals surface area contributed by atoms with Crippen molar-refractivity contribution in [2.24, 2.45) is 0 Å². The zero-order valence-corrected chi connectivity index (χ0v) is 12.2. The van der Waals surface area contributed by atoms with E-state index in [4.69, 9.17) is 9.47 Å². The lowest BCUT2D eigenvalue weighted by Crippen LogP contribution is -2.41. The normalized spacial score (nSPS) is 14.8. The summed E-state index contributed by atoms with van der Waals surface area (Å²) in [5, 5.41) is 0. The van der Waals surface area contributed by atoms with E-state index in [1.165, 1.54) is 0 Å². The minimum Gasteiger partial charge on any atom is -0.488 e. The van der Waals surface area contributed by atoms with Crippen LogP contribution in [0.25, 0.3) is 0 Å². The topological polar surface area (TPSA) is 51.7 Å². The zero-order valence-electron chi connectivity index (χ0n) is 10.6. The second-order valence-electron chi connectivity index (χ2n) is 4.96. The van der Waals surface area contributed by atoms with Crippen LogP contribution < -0.4 is 9.64 Å². The summed E-state index contributed by atoms with van der Waals surface area (Å²) in [4.78, 5) is 17.7. The number of hydrogen-bond acceptors (Lipinski definition) is 4. The molecule has 2 heterocycles. The first-order valence-electron chi connectivity index (χ1n) is 5.66. The van der Waals surface area contributed by atoms with Crippen LogP contribution in [0, 0.1) is 0 Å². The van der Waals surface area contributed by atoms with E-state index >= 15 is 0 Å². The quantitative estimate of drug-likeness (QED) is 0.691. The summed E-state index contributed by atoms with van der Waals surface area (Å²) in [6.45, 7) is 6.44. The Morgan fingerprint density at radius 3 is 2.94 bits per heavy atom. The number of aromatic nitrogens is 1. The summed E-state index contributed by atoms with van der Waals surface area (Å²) in [5.41, 5.74) is 0.164. The molecular weight excluding hydrogens is 300 g/mol. The maximum atomic E-state index is 12.1. The Morgan fingerprint density at radius 1 is 1.56 bits per heavy atom. The predicted molar refractivity (Wildman–Crippen MR) is 71.0 cm³/mol. The van der Waals surface area contributed by atoms with Gasteiger partial charge in [0.15, 0.2) is 5.75 Å². The van der Waals surface area contributed by atoms with Crippen molar-refractivity contribution in [1.29, 1.82) is 0 Å². The molecule has 0 aromatic carbocycles. The third kappa shape index (κ3) is 2.93. The van der Waals surface area contributed by atoms with Gasteiger partial charge in [-0.1, -0.05) is 0 Å². The Kier molecular flexibility index (Phi) is 3.47. The monoisotopic (exact) mass is 314 g/mol. The van der Waals surface area contributed by atoms with E-state index in [1.54, 1.807) is 17.2 Å². The molecule has 0 unspecified atom stereocenters. The van der Waals surface area contributed by atoms with Crippen LogP contribution >= 0.6 is 15.9 Å². The summed E-state index contributed by atoms with van der Waals surface area (Å²) in [7, 11) is 0. The van der Waals surface area contributed by atoms with Crippen molar-refractivity contribution in [2.75, 3.05) is 18.1 Å². The maximum absolute atomic E-state index is 12.1. The molecule has 0 fully saturated rings. The molecular formula is C12H15BrN2O3. The lowest BCUT2D eigenvalue weighted by Gasteiger charge is -2.31. The number of fused-ring (bicyclic) bond motifs is 1. The van der Waals surface area contributed by atoms with E-state index in [0.29, 0.717) is 29.2 Å². The summed E-state index contributed by atoms with van der Waals surface area (Å²) < 4.78 is 11.5. The van der Waals surface area contributed by atoms with Crippen molar-refractivity contribution in [3.63, 3.8) is 0 Å². The average Bonchev–Trinajstić information content (AvgIpc) is 2.25. The molecule has 0 atom stereocenters. The highest BCUT2D eigenvalue weighted by atomic mass is 79.9. The predicted octanol–water partition coefficient (Wildman–Crippen LogP) is 2.98. The molecule has 98 valence electrons. The Bertz CT molecular complexity index is 471. The molecule has 0 radical (unpaired) electrons. The summed E-state index contributed by atoms with van der Waals surface area (Å²) in [6, 6.07) is 1.75. The van der Waals surface area contributed by atoms with Gasteiger partial charge in [0.05, 0.1) is 18.4 Å². The van der Waals surface area contributed by atoms with E-state index in [0.717, 1.165) is 0 Å². The van der Waals surface area contributed by atoms with Gasteiger partial charge in [-0.3, -0.25) is 4.90 Å². The SMILES string of the molecule is CC(C)(C)OC(=O)N1CCOc2cnc(Br)cc21. The minimum atomic E-state index is -0.514. The maximum Gasteiger partial charge on any atom is 0.415 e. The first-order valence-corrected chi connectivity index (χ1v) is 6.45. The van der Waals surface area contributed by atoms with Crippen molar-refractivity contribution in [1.82, 2.24) is 4.98 Å². The van der Waals surface area contributed by atoms with E-state index < -0.39 is 5.60 Å². The largest absolute Gasteiger partial charge is 0.488 e. The summed E-state index contributed by atoms with van der Waals surface area (Å²) >= 11 is 3.28. The number of halogens is 1. The van der Waals surface area contributed by atoms with Crippen LogP contribution in [-0.2, 0) is 4.74 Å². The Labute approximate surface area is 114 Å². The molecule has 1 aliphatic rings. The summed E-state index contributed by atoms with van der Waals surface area (Å²) in [5.74, 6) is 0.593. The van der Waals surface area contributed by atoms with E-state index in [2.05, 4.69) is 20.9 Å². The van der Waals surface area contributed by atoms with Gasteiger partial charge >= 0.3 is 6.09 Å². The number of ether oxygens (including phenoxy) is 2. The fraction of sp³-hybridized carbons (Fsp3) is 0.500. The lowest BCUT2D eigenvalue weighted by atomic mass is 10.2. The fourth-order valence-electron chi connectivity index (χ4n) is 1.60. The van der Waals surface area contributed by atoms with E-state index in [1.807, 2.05) is 20.8 Å². The minimum absolute atomic E-state index is 0.370. The second-order valence-corrected chi connectivity index (χ2v) is 5.77. The highest BCUT2D eigenvalue weighted by molar-refractivity contribution is 9.10. The smallest absolute Gasteiger partial charge is 0.415 e. The van der Waals surface area contributed by atoms with Crippen LogP contribution in [0.4, 0.5) is 10.5 Å². The molecule has 18 heavy (non-hydrogen) atoms. The van der Waals surface area contributed by atoms with Gasteiger partial charge in [0.1, 0.15) is 16.8 Å². The highest BCUT2D eigenvalue weighted by Crippen LogP contribution is 2.33. The van der Waals surface area contributed by atoms with Gasteiger partial charge in [-0.2, -0.15) is 0 Å². The van der Waals surface area contributed by atoms with Gasteiger partial charge in [0.2, 0.25) is 0 Å². The van der Waals surface area contributed by atoms with E-state index in [-0.39, 0.29) is 6.09 Å². The van der Waals surface area contributed by atoms with Crippen molar-refractivity contribution in [3.8, 4) is 5.75 Å². The molecule has 5 nitrogen and oxygen atoms in total. The Morgan fingerprint density at radius 2 is 2.28 bits per heavy atom. The van der Waals surface area contributed by atoms with Crippen molar-refractivity contribution >= 4 is 27.7 Å². The molecule has 1 aliphatic heterocycles. The number of carbonyl (C=O) groups is 1. The van der Waals surface area contributed by atoms with Gasteiger partial charge in [-0.25, -0.2) is 9.78 Å². The zero-order chi connectivity index (χ0) is 13.3. The van der Waals surface area contributed by atoms with Gasteiger partial charge in [-0.05, 0) is 42.8 Å². The number of pyridine rings is 1. The molecule has 1 aromatic heterocycles. The molecule has 1 amide bonds. The first kappa shape index (κ1) is 13.1. The van der Waals surface area contributed by atoms with Gasteiger partial charge in [0.25, 0.3) is 0 Å². The molecule has 0 spiro atoms. The molecule has 2 rings (SSSR count).